The van der Waals surface area contributed by atoms with Crippen LogP contribution in [0.5, 0.6) is 5.75 Å². The zero-order chi connectivity index (χ0) is 25.6. The van der Waals surface area contributed by atoms with Crippen molar-refractivity contribution in [2.24, 2.45) is 0 Å². The number of ether oxygens (including phenoxy) is 1. The van der Waals surface area contributed by atoms with E-state index in [1.165, 1.54) is 20.1 Å². The first-order chi connectivity index (χ1) is 16.6. The summed E-state index contributed by atoms with van der Waals surface area (Å²) in [6.07, 6.45) is -1.03. The molecule has 1 heterocycles. The Morgan fingerprint density at radius 3 is 2.51 bits per heavy atom. The highest BCUT2D eigenvalue weighted by atomic mass is 19.4. The number of rotatable bonds is 8. The first-order valence-electron chi connectivity index (χ1n) is 11.3. The summed E-state index contributed by atoms with van der Waals surface area (Å²) in [6.45, 7) is 3.63. The van der Waals surface area contributed by atoms with Crippen LogP contribution in [0.3, 0.4) is 0 Å². The number of halogens is 3. The Hall–Kier alpha value is -3.57. The number of carbonyl (C=O) groups is 2. The minimum absolute atomic E-state index is 0.0866. The van der Waals surface area contributed by atoms with Crippen molar-refractivity contribution in [2.75, 3.05) is 24.3 Å². The van der Waals surface area contributed by atoms with Gasteiger partial charge in [0.2, 0.25) is 11.9 Å². The Balaban J connectivity index is 1.90. The van der Waals surface area contributed by atoms with E-state index in [9.17, 15) is 22.8 Å². The van der Waals surface area contributed by atoms with Crippen molar-refractivity contribution < 1.29 is 27.5 Å². The molecule has 1 saturated carbocycles. The molecule has 1 fully saturated rings. The minimum atomic E-state index is -4.68. The number of amides is 2. The van der Waals surface area contributed by atoms with Crippen molar-refractivity contribution in [3.8, 4) is 5.75 Å². The zero-order valence-electron chi connectivity index (χ0n) is 19.8. The van der Waals surface area contributed by atoms with Gasteiger partial charge in [-0.1, -0.05) is 12.8 Å². The fourth-order valence-electron chi connectivity index (χ4n) is 3.99. The average Bonchev–Trinajstić information content (AvgIpc) is 2.80. The van der Waals surface area contributed by atoms with Crippen LogP contribution in [-0.2, 0) is 11.0 Å². The minimum Gasteiger partial charge on any atom is -0.495 e. The molecule has 1 aliphatic rings. The summed E-state index contributed by atoms with van der Waals surface area (Å²) < 4.78 is 46.4. The SMILES string of the molecule is CCNC(=O)c1ccc(Nc2ncc(C(F)(F)F)c(N[C@@H]3CCCC[C@H]3NC(C)=O)n2)c(OC)c1. The molecular weight excluding hydrogens is 465 g/mol. The number of benzene rings is 1. The second-order valence-electron chi connectivity index (χ2n) is 8.20. The van der Waals surface area contributed by atoms with E-state index < -0.39 is 17.8 Å². The van der Waals surface area contributed by atoms with Crippen molar-refractivity contribution in [1.29, 1.82) is 0 Å². The first kappa shape index (κ1) is 26.0. The third kappa shape index (κ3) is 6.74. The third-order valence-corrected chi connectivity index (χ3v) is 5.62. The standard InChI is InChI=1S/C23H29F3N6O3/c1-4-27-21(34)14-9-10-18(19(11-14)35-3)31-22-28-12-15(23(24,25)26)20(32-22)30-17-8-6-5-7-16(17)29-13(2)33/h9-12,16-17H,4-8H2,1-3H3,(H,27,34)(H,29,33)(H2,28,30,31,32)/t16-,17-/m1/s1. The van der Waals surface area contributed by atoms with Gasteiger partial charge in [-0.25, -0.2) is 4.98 Å². The molecule has 12 heteroatoms. The average molecular weight is 495 g/mol. The Kier molecular flexibility index (Phi) is 8.36. The summed E-state index contributed by atoms with van der Waals surface area (Å²) in [7, 11) is 1.41. The van der Waals surface area contributed by atoms with E-state index in [1.54, 1.807) is 19.1 Å². The Bertz CT molecular complexity index is 1060. The number of nitrogens with one attached hydrogen (secondary N) is 4. The third-order valence-electron chi connectivity index (χ3n) is 5.62. The van der Waals surface area contributed by atoms with Crippen LogP contribution in [0.1, 0.15) is 55.5 Å². The number of hydrogen-bond donors (Lipinski definition) is 4. The van der Waals surface area contributed by atoms with E-state index in [4.69, 9.17) is 4.74 Å². The molecule has 3 rings (SSSR count). The molecule has 0 spiro atoms. The zero-order valence-corrected chi connectivity index (χ0v) is 19.8. The molecule has 2 atom stereocenters. The van der Waals surface area contributed by atoms with Crippen molar-refractivity contribution in [2.45, 2.75) is 57.8 Å². The van der Waals surface area contributed by atoms with Gasteiger partial charge in [-0.2, -0.15) is 18.2 Å². The van der Waals surface area contributed by atoms with Gasteiger partial charge >= 0.3 is 6.18 Å². The fraction of sp³-hybridized carbons (Fsp3) is 0.478. The van der Waals surface area contributed by atoms with Gasteiger partial charge < -0.3 is 26.0 Å². The topological polar surface area (TPSA) is 117 Å². The molecule has 0 aliphatic heterocycles. The molecule has 1 aromatic carbocycles. The lowest BCUT2D eigenvalue weighted by Crippen LogP contribution is -2.48. The van der Waals surface area contributed by atoms with Crippen molar-refractivity contribution in [1.82, 2.24) is 20.6 Å². The molecule has 190 valence electrons. The predicted molar refractivity (Wildman–Crippen MR) is 125 cm³/mol. The van der Waals surface area contributed by atoms with Crippen LogP contribution in [0.2, 0.25) is 0 Å². The molecule has 2 amide bonds. The molecule has 0 radical (unpaired) electrons. The summed E-state index contributed by atoms with van der Waals surface area (Å²) in [4.78, 5) is 31.6. The van der Waals surface area contributed by atoms with Gasteiger partial charge in [0.25, 0.3) is 5.91 Å². The highest BCUT2D eigenvalue weighted by Crippen LogP contribution is 2.36. The van der Waals surface area contributed by atoms with Gasteiger partial charge in [-0.3, -0.25) is 9.59 Å². The summed E-state index contributed by atoms with van der Waals surface area (Å²) in [5.74, 6) is -0.694. The van der Waals surface area contributed by atoms with Crippen molar-refractivity contribution >= 4 is 29.3 Å². The molecule has 4 N–H and O–H groups in total. The maximum atomic E-state index is 13.7. The number of carbonyl (C=O) groups excluding carboxylic acids is 2. The smallest absolute Gasteiger partial charge is 0.421 e. The highest BCUT2D eigenvalue weighted by molar-refractivity contribution is 5.95. The van der Waals surface area contributed by atoms with E-state index in [-0.39, 0.29) is 29.6 Å². The molecule has 0 bridgehead atoms. The fourth-order valence-corrected chi connectivity index (χ4v) is 3.99. The van der Waals surface area contributed by atoms with Crippen LogP contribution in [0.4, 0.5) is 30.6 Å². The first-order valence-corrected chi connectivity index (χ1v) is 11.3. The van der Waals surface area contributed by atoms with E-state index in [0.29, 0.717) is 42.6 Å². The van der Waals surface area contributed by atoms with E-state index in [2.05, 4.69) is 31.2 Å². The molecule has 35 heavy (non-hydrogen) atoms. The van der Waals surface area contributed by atoms with Crippen LogP contribution < -0.4 is 26.0 Å². The van der Waals surface area contributed by atoms with Gasteiger partial charge in [0, 0.05) is 37.3 Å². The van der Waals surface area contributed by atoms with Gasteiger partial charge in [0.05, 0.1) is 12.8 Å². The lowest BCUT2D eigenvalue weighted by atomic mass is 9.90. The molecular formula is C23H29F3N6O3. The molecule has 1 aromatic heterocycles. The maximum absolute atomic E-state index is 13.7. The lowest BCUT2D eigenvalue weighted by Gasteiger charge is -2.33. The van der Waals surface area contributed by atoms with Gasteiger partial charge in [0.1, 0.15) is 17.1 Å². The Morgan fingerprint density at radius 1 is 1.17 bits per heavy atom. The van der Waals surface area contributed by atoms with Crippen LogP contribution >= 0.6 is 0 Å². The number of anilines is 3. The summed E-state index contributed by atoms with van der Waals surface area (Å²) >= 11 is 0. The van der Waals surface area contributed by atoms with Gasteiger partial charge in [-0.15, -0.1) is 0 Å². The van der Waals surface area contributed by atoms with Crippen LogP contribution in [0, 0.1) is 0 Å². The number of methoxy groups -OCH3 is 1. The number of alkyl halides is 3. The summed E-state index contributed by atoms with van der Waals surface area (Å²) in [5.41, 5.74) is -0.264. The van der Waals surface area contributed by atoms with Gasteiger partial charge in [-0.05, 0) is 38.0 Å². The molecule has 2 aromatic rings. The lowest BCUT2D eigenvalue weighted by molar-refractivity contribution is -0.137. The quantitative estimate of drug-likeness (QED) is 0.440. The van der Waals surface area contributed by atoms with Crippen LogP contribution in [0.15, 0.2) is 24.4 Å². The Morgan fingerprint density at radius 2 is 1.89 bits per heavy atom. The van der Waals surface area contributed by atoms with Crippen LogP contribution in [0.25, 0.3) is 0 Å². The molecule has 9 nitrogen and oxygen atoms in total. The molecule has 0 unspecified atom stereocenters. The predicted octanol–water partition coefficient (Wildman–Crippen LogP) is 3.86. The maximum Gasteiger partial charge on any atom is 0.421 e. The Labute approximate surface area is 201 Å². The summed E-state index contributed by atoms with van der Waals surface area (Å²) in [5, 5.41) is 11.3. The second-order valence-corrected chi connectivity index (χ2v) is 8.20. The number of aromatic nitrogens is 2. The summed E-state index contributed by atoms with van der Waals surface area (Å²) in [6, 6.07) is 3.90. The molecule has 0 saturated heterocycles. The van der Waals surface area contributed by atoms with E-state index in [0.717, 1.165) is 12.8 Å². The van der Waals surface area contributed by atoms with Crippen LogP contribution in [-0.4, -0.2) is 47.5 Å². The number of hydrogen-bond acceptors (Lipinski definition) is 7. The van der Waals surface area contributed by atoms with E-state index in [1.807, 2.05) is 0 Å². The normalized spacial score (nSPS) is 17.9. The highest BCUT2D eigenvalue weighted by Gasteiger charge is 2.37. The van der Waals surface area contributed by atoms with Crippen molar-refractivity contribution in [3.63, 3.8) is 0 Å². The second kappa shape index (κ2) is 11.2. The largest absolute Gasteiger partial charge is 0.495 e. The monoisotopic (exact) mass is 494 g/mol. The van der Waals surface area contributed by atoms with E-state index >= 15 is 0 Å². The molecule has 1 aliphatic carbocycles. The number of nitrogens with zero attached hydrogens (tertiary/aromatic N) is 2. The van der Waals surface area contributed by atoms with Gasteiger partial charge in [0.15, 0.2) is 0 Å². The van der Waals surface area contributed by atoms with Crippen molar-refractivity contribution in [3.05, 3.63) is 35.5 Å².